The van der Waals surface area contributed by atoms with E-state index in [1.165, 1.54) is 6.42 Å². The van der Waals surface area contributed by atoms with Crippen molar-refractivity contribution < 1.29 is 4.79 Å². The van der Waals surface area contributed by atoms with Gasteiger partial charge in [-0.15, -0.1) is 0 Å². The zero-order chi connectivity index (χ0) is 12.4. The molecule has 4 nitrogen and oxygen atoms in total. The highest BCUT2D eigenvalue weighted by Crippen LogP contribution is 2.18. The Kier molecular flexibility index (Phi) is 3.50. The lowest BCUT2D eigenvalue weighted by molar-refractivity contribution is -0.135. The molecule has 1 aromatic rings. The number of imidazole rings is 1. The first-order valence-corrected chi connectivity index (χ1v) is 6.40. The average Bonchev–Trinajstić information content (AvgIpc) is 2.69. The molecule has 1 aromatic heterocycles. The first-order valence-electron chi connectivity index (χ1n) is 6.40. The van der Waals surface area contributed by atoms with Crippen LogP contribution in [-0.2, 0) is 4.79 Å². The fraction of sp³-hybridized carbons (Fsp3) is 0.692. The molecule has 4 heteroatoms. The number of aromatic nitrogens is 2. The van der Waals surface area contributed by atoms with Crippen molar-refractivity contribution in [3.63, 3.8) is 0 Å². The quantitative estimate of drug-likeness (QED) is 0.787. The molecule has 2 rings (SSSR count). The highest BCUT2D eigenvalue weighted by Gasteiger charge is 2.24. The van der Waals surface area contributed by atoms with Crippen LogP contribution in [0.4, 0.5) is 0 Å². The summed E-state index contributed by atoms with van der Waals surface area (Å²) in [7, 11) is 0. The van der Waals surface area contributed by atoms with Crippen LogP contribution in [0.25, 0.3) is 0 Å². The van der Waals surface area contributed by atoms with Gasteiger partial charge in [0.05, 0.1) is 12.0 Å². The smallest absolute Gasteiger partial charge is 0.245 e. The number of carbonyl (C=O) groups is 1. The molecule has 0 aliphatic carbocycles. The minimum atomic E-state index is -0.130. The maximum atomic E-state index is 12.3. The number of amides is 1. The van der Waals surface area contributed by atoms with Crippen LogP contribution >= 0.6 is 0 Å². The molecule has 1 atom stereocenters. The molecule has 0 spiro atoms. The van der Waals surface area contributed by atoms with Crippen molar-refractivity contribution in [1.82, 2.24) is 14.5 Å². The second-order valence-corrected chi connectivity index (χ2v) is 4.88. The van der Waals surface area contributed by atoms with Gasteiger partial charge in [0.25, 0.3) is 0 Å². The molecule has 1 aliphatic rings. The third-order valence-corrected chi connectivity index (χ3v) is 3.73. The Morgan fingerprint density at radius 1 is 1.29 bits per heavy atom. The molecule has 0 saturated carbocycles. The van der Waals surface area contributed by atoms with Gasteiger partial charge in [-0.05, 0) is 40.0 Å². The van der Waals surface area contributed by atoms with Crippen molar-refractivity contribution in [2.45, 2.75) is 46.1 Å². The molecule has 1 aliphatic heterocycles. The van der Waals surface area contributed by atoms with Crippen molar-refractivity contribution in [1.29, 1.82) is 0 Å². The highest BCUT2D eigenvalue weighted by molar-refractivity contribution is 5.80. The first kappa shape index (κ1) is 12.1. The topological polar surface area (TPSA) is 38.1 Å². The zero-order valence-corrected chi connectivity index (χ0v) is 10.9. The Morgan fingerprint density at radius 3 is 2.47 bits per heavy atom. The van der Waals surface area contributed by atoms with E-state index in [4.69, 9.17) is 0 Å². The maximum absolute atomic E-state index is 12.3. The average molecular weight is 235 g/mol. The van der Waals surface area contributed by atoms with E-state index < -0.39 is 0 Å². The fourth-order valence-corrected chi connectivity index (χ4v) is 2.40. The van der Waals surface area contributed by atoms with Gasteiger partial charge in [0.2, 0.25) is 5.91 Å². The Bertz CT molecular complexity index is 405. The lowest BCUT2D eigenvalue weighted by Crippen LogP contribution is -2.39. The summed E-state index contributed by atoms with van der Waals surface area (Å²) < 4.78 is 1.98. The number of carbonyl (C=O) groups excluding carboxylic acids is 1. The summed E-state index contributed by atoms with van der Waals surface area (Å²) in [6, 6.07) is -0.130. The number of nitrogens with zero attached hydrogens (tertiary/aromatic N) is 3. The van der Waals surface area contributed by atoms with Crippen molar-refractivity contribution in [2.75, 3.05) is 13.1 Å². The van der Waals surface area contributed by atoms with Gasteiger partial charge in [-0.1, -0.05) is 0 Å². The molecule has 0 N–H and O–H groups in total. The molecule has 1 amide bonds. The molecule has 0 bridgehead atoms. The monoisotopic (exact) mass is 235 g/mol. The van der Waals surface area contributed by atoms with E-state index in [-0.39, 0.29) is 11.9 Å². The molecular formula is C13H21N3O. The summed E-state index contributed by atoms with van der Waals surface area (Å²) in [6.45, 7) is 7.78. The molecule has 0 aromatic carbocycles. The van der Waals surface area contributed by atoms with E-state index in [9.17, 15) is 4.79 Å². The van der Waals surface area contributed by atoms with Crippen LogP contribution in [0.1, 0.15) is 43.6 Å². The van der Waals surface area contributed by atoms with Crippen molar-refractivity contribution in [2.24, 2.45) is 0 Å². The normalized spacial score (nSPS) is 18.2. The van der Waals surface area contributed by atoms with E-state index in [2.05, 4.69) is 4.98 Å². The maximum Gasteiger partial charge on any atom is 0.245 e. The lowest BCUT2D eigenvalue weighted by Gasteiger charge is -2.29. The van der Waals surface area contributed by atoms with Crippen LogP contribution in [-0.4, -0.2) is 33.4 Å². The second kappa shape index (κ2) is 4.90. The predicted octanol–water partition coefficient (Wildman–Crippen LogP) is 2.07. The van der Waals surface area contributed by atoms with E-state index in [0.29, 0.717) is 0 Å². The number of hydrogen-bond donors (Lipinski definition) is 0. The third-order valence-electron chi connectivity index (χ3n) is 3.73. The second-order valence-electron chi connectivity index (χ2n) is 4.88. The largest absolute Gasteiger partial charge is 0.341 e. The number of hydrogen-bond acceptors (Lipinski definition) is 2. The van der Waals surface area contributed by atoms with E-state index >= 15 is 0 Å². The van der Waals surface area contributed by atoms with Gasteiger partial charge in [-0.3, -0.25) is 4.79 Å². The lowest BCUT2D eigenvalue weighted by atomic mass is 10.1. The molecule has 0 radical (unpaired) electrons. The predicted molar refractivity (Wildman–Crippen MR) is 66.8 cm³/mol. The fourth-order valence-electron chi connectivity index (χ4n) is 2.40. The van der Waals surface area contributed by atoms with Crippen LogP contribution in [0.2, 0.25) is 0 Å². The van der Waals surface area contributed by atoms with Crippen molar-refractivity contribution >= 4 is 5.91 Å². The van der Waals surface area contributed by atoms with E-state index in [0.717, 1.165) is 37.3 Å². The SMILES string of the molecule is Cc1ncn(C(C)C(=O)N2CCCCC2)c1C. The molecule has 1 unspecified atom stereocenters. The summed E-state index contributed by atoms with van der Waals surface area (Å²) in [5.74, 6) is 0.227. The molecule has 17 heavy (non-hydrogen) atoms. The minimum absolute atomic E-state index is 0.130. The number of aryl methyl sites for hydroxylation is 1. The third kappa shape index (κ3) is 2.35. The number of piperidine rings is 1. The summed E-state index contributed by atoms with van der Waals surface area (Å²) in [5, 5.41) is 0. The van der Waals surface area contributed by atoms with Crippen LogP contribution in [0, 0.1) is 13.8 Å². The van der Waals surface area contributed by atoms with Gasteiger partial charge in [0, 0.05) is 18.8 Å². The van der Waals surface area contributed by atoms with Crippen LogP contribution < -0.4 is 0 Å². The van der Waals surface area contributed by atoms with Crippen molar-refractivity contribution in [3.8, 4) is 0 Å². The summed E-state index contributed by atoms with van der Waals surface area (Å²) in [6.07, 6.45) is 5.30. The van der Waals surface area contributed by atoms with E-state index in [1.54, 1.807) is 6.33 Å². The van der Waals surface area contributed by atoms with Gasteiger partial charge >= 0.3 is 0 Å². The Labute approximate surface area is 103 Å². The van der Waals surface area contributed by atoms with Crippen LogP contribution in [0.15, 0.2) is 6.33 Å². The summed E-state index contributed by atoms with van der Waals surface area (Å²) in [4.78, 5) is 18.6. The molecular weight excluding hydrogens is 214 g/mol. The minimum Gasteiger partial charge on any atom is -0.341 e. The van der Waals surface area contributed by atoms with Gasteiger partial charge in [0.1, 0.15) is 6.04 Å². The van der Waals surface area contributed by atoms with Crippen LogP contribution in [0.5, 0.6) is 0 Å². The molecule has 1 saturated heterocycles. The zero-order valence-electron chi connectivity index (χ0n) is 10.9. The summed E-state index contributed by atoms with van der Waals surface area (Å²) in [5.41, 5.74) is 2.09. The van der Waals surface area contributed by atoms with Gasteiger partial charge in [-0.2, -0.15) is 0 Å². The summed E-state index contributed by atoms with van der Waals surface area (Å²) >= 11 is 0. The van der Waals surface area contributed by atoms with Crippen molar-refractivity contribution in [3.05, 3.63) is 17.7 Å². The number of rotatable bonds is 2. The Morgan fingerprint density at radius 2 is 1.94 bits per heavy atom. The van der Waals surface area contributed by atoms with Gasteiger partial charge in [-0.25, -0.2) is 4.98 Å². The molecule has 1 fully saturated rings. The molecule has 94 valence electrons. The van der Waals surface area contributed by atoms with Gasteiger partial charge < -0.3 is 9.47 Å². The Hall–Kier alpha value is -1.32. The Balaban J connectivity index is 2.11. The standard InChI is InChI=1S/C13H21N3O/c1-10-11(2)16(9-14-10)12(3)13(17)15-7-5-4-6-8-15/h9,12H,4-8H2,1-3H3. The molecule has 2 heterocycles. The van der Waals surface area contributed by atoms with E-state index in [1.807, 2.05) is 30.2 Å². The van der Waals surface area contributed by atoms with Crippen LogP contribution in [0.3, 0.4) is 0 Å². The van der Waals surface area contributed by atoms with Gasteiger partial charge in [0.15, 0.2) is 0 Å². The highest BCUT2D eigenvalue weighted by atomic mass is 16.2. The number of likely N-dealkylation sites (tertiary alicyclic amines) is 1. The first-order chi connectivity index (χ1) is 8.11.